The summed E-state index contributed by atoms with van der Waals surface area (Å²) in [6.45, 7) is 6.82. The van der Waals surface area contributed by atoms with Crippen molar-refractivity contribution in [2.24, 2.45) is 0 Å². The second-order valence-electron chi connectivity index (χ2n) is 23.6. The fourth-order valence-corrected chi connectivity index (χ4v) is 10.2. The molecular formula is C69H127N2O7P. The van der Waals surface area contributed by atoms with E-state index in [1.165, 1.54) is 167 Å². The molecule has 0 aromatic heterocycles. The number of hydrogen-bond acceptors (Lipinski definition) is 7. The highest BCUT2D eigenvalue weighted by molar-refractivity contribution is 7.45. The van der Waals surface area contributed by atoms with Crippen molar-refractivity contribution in [1.29, 1.82) is 0 Å². The van der Waals surface area contributed by atoms with Crippen LogP contribution in [0.5, 0.6) is 0 Å². The number of carbonyl (C=O) groups excluding carboxylic acids is 2. The van der Waals surface area contributed by atoms with Crippen LogP contribution in [0.4, 0.5) is 0 Å². The molecule has 10 heteroatoms. The molecule has 0 bridgehead atoms. The molecule has 9 nitrogen and oxygen atoms in total. The van der Waals surface area contributed by atoms with Crippen molar-refractivity contribution >= 4 is 19.7 Å². The predicted molar refractivity (Wildman–Crippen MR) is 339 cm³/mol. The number of nitrogens with one attached hydrogen (secondary N) is 1. The number of hydrogen-bond donors (Lipinski definition) is 1. The van der Waals surface area contributed by atoms with Gasteiger partial charge in [-0.25, -0.2) is 0 Å². The smallest absolute Gasteiger partial charge is 0.306 e. The summed E-state index contributed by atoms with van der Waals surface area (Å²) in [7, 11) is 1.18. The van der Waals surface area contributed by atoms with Crippen LogP contribution in [-0.4, -0.2) is 69.4 Å². The highest BCUT2D eigenvalue weighted by Gasteiger charge is 2.27. The number of quaternary nitrogens is 1. The first-order valence-corrected chi connectivity index (χ1v) is 34.7. The number of carbonyl (C=O) groups is 2. The molecule has 0 spiro atoms. The number of phosphoric acid groups is 1. The van der Waals surface area contributed by atoms with Gasteiger partial charge in [-0.1, -0.05) is 261 Å². The van der Waals surface area contributed by atoms with Crippen LogP contribution in [-0.2, 0) is 27.9 Å². The van der Waals surface area contributed by atoms with Crippen LogP contribution in [0, 0.1) is 0 Å². The Bertz CT molecular complexity index is 1580. The molecule has 0 aliphatic heterocycles. The molecule has 3 unspecified atom stereocenters. The predicted octanol–water partition coefficient (Wildman–Crippen LogP) is 20.2. The number of ether oxygens (including phenoxy) is 1. The summed E-state index contributed by atoms with van der Waals surface area (Å²) < 4.78 is 30.3. The van der Waals surface area contributed by atoms with Gasteiger partial charge >= 0.3 is 5.97 Å². The summed E-state index contributed by atoms with van der Waals surface area (Å²) in [5.74, 6) is -0.548. The van der Waals surface area contributed by atoms with Crippen LogP contribution >= 0.6 is 7.82 Å². The summed E-state index contributed by atoms with van der Waals surface area (Å²) in [5.41, 5.74) is 0. The Morgan fingerprint density at radius 1 is 0.443 bits per heavy atom. The van der Waals surface area contributed by atoms with Gasteiger partial charge in [-0.2, -0.15) is 0 Å². The molecule has 0 rings (SSSR count). The van der Waals surface area contributed by atoms with Gasteiger partial charge < -0.3 is 28.5 Å². The SMILES string of the molecule is CCCCC/C=C\C/C=C\C/C=C\C/C=C\CCCCCCCCCCCC(=O)OC(/C=C\CCCCCCCCCCC)C(COP(=O)([O-])OCC[N+](C)(C)C)NC(=O)CCCCCCCCC/C=C/CCCCCCCC. The third kappa shape index (κ3) is 59.9. The second kappa shape index (κ2) is 58.6. The first-order valence-electron chi connectivity index (χ1n) is 33.2. The van der Waals surface area contributed by atoms with E-state index in [1.807, 2.05) is 33.3 Å². The van der Waals surface area contributed by atoms with E-state index in [-0.39, 0.29) is 24.9 Å². The van der Waals surface area contributed by atoms with Crippen molar-refractivity contribution in [2.75, 3.05) is 40.9 Å². The molecule has 1 amide bonds. The van der Waals surface area contributed by atoms with Crippen molar-refractivity contribution in [3.63, 3.8) is 0 Å². The van der Waals surface area contributed by atoms with Gasteiger partial charge in [-0.05, 0) is 102 Å². The number of nitrogens with zero attached hydrogens (tertiary/aromatic N) is 1. The lowest BCUT2D eigenvalue weighted by Gasteiger charge is -2.30. The Morgan fingerprint density at radius 2 is 0.772 bits per heavy atom. The highest BCUT2D eigenvalue weighted by atomic mass is 31.2. The van der Waals surface area contributed by atoms with Crippen LogP contribution in [0.15, 0.2) is 72.9 Å². The molecule has 0 aliphatic carbocycles. The van der Waals surface area contributed by atoms with Crippen LogP contribution in [0.3, 0.4) is 0 Å². The van der Waals surface area contributed by atoms with Crippen LogP contribution in [0.2, 0.25) is 0 Å². The topological polar surface area (TPSA) is 114 Å². The Hall–Kier alpha value is -2.55. The minimum Gasteiger partial charge on any atom is -0.756 e. The van der Waals surface area contributed by atoms with E-state index in [1.54, 1.807) is 0 Å². The second-order valence-corrected chi connectivity index (χ2v) is 25.0. The summed E-state index contributed by atoms with van der Waals surface area (Å²) in [6, 6.07) is -0.895. The molecule has 3 atom stereocenters. The Morgan fingerprint density at radius 3 is 1.19 bits per heavy atom. The van der Waals surface area contributed by atoms with Gasteiger partial charge in [0.2, 0.25) is 5.91 Å². The van der Waals surface area contributed by atoms with Gasteiger partial charge in [0.1, 0.15) is 19.3 Å². The highest BCUT2D eigenvalue weighted by Crippen LogP contribution is 2.38. The summed E-state index contributed by atoms with van der Waals surface area (Å²) in [6.07, 6.45) is 75.8. The van der Waals surface area contributed by atoms with Crippen LogP contribution in [0.1, 0.15) is 303 Å². The maximum Gasteiger partial charge on any atom is 0.306 e. The third-order valence-electron chi connectivity index (χ3n) is 14.6. The number of amides is 1. The van der Waals surface area contributed by atoms with E-state index in [2.05, 4.69) is 86.8 Å². The molecule has 0 fully saturated rings. The van der Waals surface area contributed by atoms with E-state index in [9.17, 15) is 19.0 Å². The van der Waals surface area contributed by atoms with Gasteiger partial charge in [0.05, 0.1) is 33.8 Å². The van der Waals surface area contributed by atoms with E-state index >= 15 is 0 Å². The van der Waals surface area contributed by atoms with Gasteiger partial charge in [-0.3, -0.25) is 14.2 Å². The van der Waals surface area contributed by atoms with Crippen LogP contribution in [0.25, 0.3) is 0 Å². The Labute approximate surface area is 489 Å². The van der Waals surface area contributed by atoms with Gasteiger partial charge in [0, 0.05) is 12.8 Å². The summed E-state index contributed by atoms with van der Waals surface area (Å²) in [5, 5.41) is 3.03. The molecule has 0 saturated heterocycles. The number of likely N-dealkylation sites (N-methyl/N-ethyl adjacent to an activating group) is 1. The quantitative estimate of drug-likeness (QED) is 0.0212. The number of unbranched alkanes of at least 4 members (excludes halogenated alkanes) is 34. The molecule has 79 heavy (non-hydrogen) atoms. The summed E-state index contributed by atoms with van der Waals surface area (Å²) >= 11 is 0. The number of allylic oxidation sites excluding steroid dienone is 11. The van der Waals surface area contributed by atoms with Gasteiger partial charge in [-0.15, -0.1) is 0 Å². The molecule has 0 aromatic carbocycles. The van der Waals surface area contributed by atoms with Crippen molar-refractivity contribution in [1.82, 2.24) is 5.32 Å². The van der Waals surface area contributed by atoms with Gasteiger partial charge in [0.15, 0.2) is 0 Å². The molecule has 0 heterocycles. The van der Waals surface area contributed by atoms with Crippen molar-refractivity contribution in [2.45, 2.75) is 315 Å². The fraction of sp³-hybridized carbons (Fsp3) is 0.797. The third-order valence-corrected chi connectivity index (χ3v) is 15.6. The standard InChI is InChI=1S/C69H127N2O7P/c1-7-10-13-16-19-22-25-27-29-31-32-33-34-35-36-37-38-40-42-44-47-50-53-56-59-62-69(73)78-67(60-57-54-51-48-45-24-21-18-15-12-9-3)66(65-77-79(74,75)76-64-63-71(4,5)6)70-68(72)61-58-55-52-49-46-43-41-39-30-28-26-23-20-17-14-11-8-2/h19,22,27-30,32-33,35-36,57,60,66-67H,7-18,20-21,23-26,31,34,37-56,58-59,61-65H2,1-6H3,(H-,70,72,74,75)/b22-19-,29-27-,30-28+,33-32-,36-35-,60-57-. The lowest BCUT2D eigenvalue weighted by atomic mass is 10.0. The average molecular weight is 1130 g/mol. The monoisotopic (exact) mass is 1130 g/mol. The molecule has 460 valence electrons. The zero-order valence-electron chi connectivity index (χ0n) is 52.6. The maximum absolute atomic E-state index is 13.5. The largest absolute Gasteiger partial charge is 0.756 e. The van der Waals surface area contributed by atoms with Crippen molar-refractivity contribution in [3.05, 3.63) is 72.9 Å². The molecule has 0 aliphatic rings. The minimum absolute atomic E-state index is 0.0257. The maximum atomic E-state index is 13.5. The zero-order chi connectivity index (χ0) is 57.9. The first-order chi connectivity index (χ1) is 38.4. The van der Waals surface area contributed by atoms with Crippen molar-refractivity contribution in [3.8, 4) is 0 Å². The minimum atomic E-state index is -4.70. The van der Waals surface area contributed by atoms with E-state index in [4.69, 9.17) is 13.8 Å². The molecule has 1 N–H and O–H groups in total. The zero-order valence-corrected chi connectivity index (χ0v) is 53.5. The first kappa shape index (κ1) is 76.5. The van der Waals surface area contributed by atoms with Crippen molar-refractivity contribution < 1.29 is 37.3 Å². The Balaban J connectivity index is 5.11. The number of esters is 1. The van der Waals surface area contributed by atoms with Gasteiger partial charge in [0.25, 0.3) is 7.82 Å². The van der Waals surface area contributed by atoms with E-state index < -0.39 is 26.6 Å². The van der Waals surface area contributed by atoms with E-state index in [0.717, 1.165) is 103 Å². The normalized spacial score (nSPS) is 14.1. The fourth-order valence-electron chi connectivity index (χ4n) is 9.44. The number of phosphoric ester groups is 1. The van der Waals surface area contributed by atoms with Crippen LogP contribution < -0.4 is 10.2 Å². The molecule has 0 aromatic rings. The average Bonchev–Trinajstić information content (AvgIpc) is 3.41. The lowest BCUT2D eigenvalue weighted by molar-refractivity contribution is -0.870. The van der Waals surface area contributed by atoms with E-state index in [0.29, 0.717) is 17.4 Å². The number of rotatable bonds is 60. The Kier molecular flexibility index (Phi) is 56.7. The lowest BCUT2D eigenvalue weighted by Crippen LogP contribution is -2.47. The summed E-state index contributed by atoms with van der Waals surface area (Å²) in [4.78, 5) is 40.0. The molecule has 0 radical (unpaired) electrons. The molecular weight excluding hydrogens is 1000 g/mol. The molecule has 0 saturated carbocycles.